The average Bonchev–Trinajstić information content (AvgIpc) is 2.88. The molecule has 0 radical (unpaired) electrons. The van der Waals surface area contributed by atoms with E-state index in [4.69, 9.17) is 4.74 Å². The Morgan fingerprint density at radius 1 is 0.480 bits per heavy atom. The van der Waals surface area contributed by atoms with Gasteiger partial charge in [0.05, 0.1) is 6.10 Å². The molecule has 0 aliphatic heterocycles. The number of amides is 3. The van der Waals surface area contributed by atoms with Gasteiger partial charge in [0.2, 0.25) is 17.7 Å². The van der Waals surface area contributed by atoms with E-state index in [0.717, 1.165) is 51.8 Å². The van der Waals surface area contributed by atoms with Gasteiger partial charge in [-0.2, -0.15) is 0 Å². The highest BCUT2D eigenvalue weighted by Gasteiger charge is 2.16. The van der Waals surface area contributed by atoms with E-state index < -0.39 is 0 Å². The first-order valence-corrected chi connectivity index (χ1v) is 20.2. The molecule has 0 bridgehead atoms. The maximum atomic E-state index is 11.6. The smallest absolute Gasteiger partial charge is 0.220 e. The minimum atomic E-state index is 0.0786. The summed E-state index contributed by atoms with van der Waals surface area (Å²) < 4.78 is 5.45. The van der Waals surface area contributed by atoms with Crippen molar-refractivity contribution in [2.45, 2.75) is 219 Å². The molecule has 0 unspecified atom stereocenters. The van der Waals surface area contributed by atoms with Crippen LogP contribution >= 0.6 is 0 Å². The molecule has 0 aliphatic carbocycles. The molecule has 7 heteroatoms. The van der Waals surface area contributed by atoms with Crippen molar-refractivity contribution in [1.29, 1.82) is 0 Å². The predicted molar refractivity (Wildman–Crippen MR) is 217 cm³/mol. The number of carbonyl (C=O) groups is 3. The van der Waals surface area contributed by atoms with Gasteiger partial charge in [-0.1, -0.05) is 115 Å². The molecular weight excluding hydrogens is 622 g/mol. The normalized spacial score (nSPS) is 12.1. The number of nitrogens with one attached hydrogen (secondary N) is 3. The second kappa shape index (κ2) is 28.9. The highest BCUT2D eigenvalue weighted by molar-refractivity contribution is 5.77. The number of ether oxygens (including phenoxy) is 1. The molecule has 3 N–H and O–H groups in total. The topological polar surface area (TPSA) is 96.5 Å². The standard InChI is InChI=1S/C16H33NO.C14H29NO2.C13H27NO/c1-15(2,3)11-9-7-8-10-12-17-14(18)13-16(4,5)6;1-12(2)17-10-8-6-7-9-15-13(16)11-14(3,4)5;1-11(2)14-12(15)9-7-6-8-10-13(3,4)5/h7-13H2,1-6H3,(H,17,18);12H,6-11H2,1-5H3,(H,15,16);11H,6-10H2,1-5H3,(H,14,15). The molecule has 300 valence electrons. The van der Waals surface area contributed by atoms with Crippen molar-refractivity contribution in [2.24, 2.45) is 21.7 Å². The monoisotopic (exact) mass is 712 g/mol. The largest absolute Gasteiger partial charge is 0.379 e. The molecule has 0 aromatic rings. The molecule has 3 amide bonds. The van der Waals surface area contributed by atoms with E-state index in [1.54, 1.807) is 0 Å². The lowest BCUT2D eigenvalue weighted by Gasteiger charge is -2.18. The van der Waals surface area contributed by atoms with Crippen LogP contribution in [0.15, 0.2) is 0 Å². The van der Waals surface area contributed by atoms with Crippen molar-refractivity contribution in [3.05, 3.63) is 0 Å². The number of unbranched alkanes of at least 4 members (excludes halogenated alkanes) is 7. The van der Waals surface area contributed by atoms with Crippen LogP contribution in [-0.4, -0.2) is 49.6 Å². The van der Waals surface area contributed by atoms with Crippen molar-refractivity contribution < 1.29 is 19.1 Å². The third-order valence-electron chi connectivity index (χ3n) is 7.43. The lowest BCUT2D eigenvalue weighted by atomic mass is 9.89. The second-order valence-electron chi connectivity index (χ2n) is 19.7. The van der Waals surface area contributed by atoms with Crippen LogP contribution in [0.3, 0.4) is 0 Å². The Morgan fingerprint density at radius 2 is 0.860 bits per heavy atom. The summed E-state index contributed by atoms with van der Waals surface area (Å²) in [5, 5.41) is 8.88. The highest BCUT2D eigenvalue weighted by atomic mass is 16.5. The molecule has 0 saturated heterocycles. The van der Waals surface area contributed by atoms with Gasteiger partial charge >= 0.3 is 0 Å². The lowest BCUT2D eigenvalue weighted by Crippen LogP contribution is -2.29. The third-order valence-corrected chi connectivity index (χ3v) is 7.43. The first kappa shape index (κ1) is 52.7. The summed E-state index contributed by atoms with van der Waals surface area (Å²) in [6.07, 6.45) is 16.4. The number of carbonyl (C=O) groups excluding carboxylic acids is 3. The van der Waals surface area contributed by atoms with Gasteiger partial charge in [0.15, 0.2) is 0 Å². The summed E-state index contributed by atoms with van der Waals surface area (Å²) in [7, 11) is 0. The molecule has 0 fully saturated rings. The zero-order chi connectivity index (χ0) is 39.4. The van der Waals surface area contributed by atoms with E-state index in [1.807, 2.05) is 27.7 Å². The maximum Gasteiger partial charge on any atom is 0.220 e. The summed E-state index contributed by atoms with van der Waals surface area (Å²) in [5.74, 6) is 0.550. The molecule has 0 spiro atoms. The average molecular weight is 712 g/mol. The molecule has 50 heavy (non-hydrogen) atoms. The zero-order valence-corrected chi connectivity index (χ0v) is 36.5. The Balaban J connectivity index is -0.000000666. The molecule has 0 saturated carbocycles. The molecule has 0 aliphatic rings. The third kappa shape index (κ3) is 53.2. The van der Waals surface area contributed by atoms with Crippen molar-refractivity contribution in [1.82, 2.24) is 16.0 Å². The SMILES string of the molecule is CC(C)(C)CCCCCCNC(=O)CC(C)(C)C.CC(C)NC(=O)CCCCCC(C)(C)C.CC(C)OCCCCCNC(=O)CC(C)(C)C. The fraction of sp³-hybridized carbons (Fsp3) is 0.930. The molecule has 0 heterocycles. The molecule has 0 aromatic carbocycles. The van der Waals surface area contributed by atoms with E-state index in [9.17, 15) is 14.4 Å². The van der Waals surface area contributed by atoms with Crippen LogP contribution in [0.1, 0.15) is 207 Å². The van der Waals surface area contributed by atoms with Crippen LogP contribution in [0.2, 0.25) is 0 Å². The van der Waals surface area contributed by atoms with Crippen LogP contribution in [-0.2, 0) is 19.1 Å². The predicted octanol–water partition coefficient (Wildman–Crippen LogP) is 11.2. The van der Waals surface area contributed by atoms with Gasteiger partial charge in [-0.15, -0.1) is 0 Å². The van der Waals surface area contributed by atoms with Crippen LogP contribution < -0.4 is 16.0 Å². The van der Waals surface area contributed by atoms with Gasteiger partial charge in [0, 0.05) is 45.0 Å². The first-order chi connectivity index (χ1) is 22.7. The molecular formula is C43H89N3O4. The van der Waals surface area contributed by atoms with Crippen molar-refractivity contribution >= 4 is 17.7 Å². The zero-order valence-electron chi connectivity index (χ0n) is 36.5. The molecule has 7 nitrogen and oxygen atoms in total. The fourth-order valence-corrected chi connectivity index (χ4v) is 4.91. The quantitative estimate of drug-likeness (QED) is 0.103. The van der Waals surface area contributed by atoms with Gasteiger partial charge < -0.3 is 20.7 Å². The number of rotatable bonds is 21. The maximum absolute atomic E-state index is 11.6. The van der Waals surface area contributed by atoms with Gasteiger partial charge in [-0.3, -0.25) is 14.4 Å². The minimum absolute atomic E-state index is 0.0786. The Morgan fingerprint density at radius 3 is 1.22 bits per heavy atom. The van der Waals surface area contributed by atoms with Gasteiger partial charge in [-0.25, -0.2) is 0 Å². The van der Waals surface area contributed by atoms with E-state index in [-0.39, 0.29) is 34.6 Å². The Hall–Kier alpha value is -1.63. The van der Waals surface area contributed by atoms with E-state index in [0.29, 0.717) is 36.2 Å². The Labute approximate surface area is 312 Å². The Bertz CT molecular complexity index is 840. The highest BCUT2D eigenvalue weighted by Crippen LogP contribution is 2.23. The lowest BCUT2D eigenvalue weighted by molar-refractivity contribution is -0.123. The van der Waals surface area contributed by atoms with Gasteiger partial charge in [0.1, 0.15) is 0 Å². The summed E-state index contributed by atoms with van der Waals surface area (Å²) in [6.45, 7) is 36.7. The number of hydrogen-bond acceptors (Lipinski definition) is 4. The van der Waals surface area contributed by atoms with Crippen LogP contribution in [0.4, 0.5) is 0 Å². The van der Waals surface area contributed by atoms with E-state index >= 15 is 0 Å². The van der Waals surface area contributed by atoms with Crippen LogP contribution in [0.25, 0.3) is 0 Å². The van der Waals surface area contributed by atoms with Crippen LogP contribution in [0.5, 0.6) is 0 Å². The summed E-state index contributed by atoms with van der Waals surface area (Å²) in [5.41, 5.74) is 1.06. The number of hydrogen-bond donors (Lipinski definition) is 3. The van der Waals surface area contributed by atoms with Crippen molar-refractivity contribution in [3.8, 4) is 0 Å². The molecule has 0 atom stereocenters. The van der Waals surface area contributed by atoms with Crippen molar-refractivity contribution in [2.75, 3.05) is 19.7 Å². The molecule has 0 aromatic heterocycles. The first-order valence-electron chi connectivity index (χ1n) is 20.2. The summed E-state index contributed by atoms with van der Waals surface area (Å²) in [6, 6.07) is 0.270. The van der Waals surface area contributed by atoms with Gasteiger partial charge in [-0.05, 0) is 94.3 Å². The Kier molecular flexibility index (Phi) is 30.5. The van der Waals surface area contributed by atoms with E-state index in [1.165, 1.54) is 44.9 Å². The summed E-state index contributed by atoms with van der Waals surface area (Å²) in [4.78, 5) is 34.4. The minimum Gasteiger partial charge on any atom is -0.379 e. The van der Waals surface area contributed by atoms with Crippen LogP contribution in [0, 0.1) is 21.7 Å². The molecule has 0 rings (SSSR count). The van der Waals surface area contributed by atoms with E-state index in [2.05, 4.69) is 99.0 Å². The second-order valence-corrected chi connectivity index (χ2v) is 19.7. The fourth-order valence-electron chi connectivity index (χ4n) is 4.91. The van der Waals surface area contributed by atoms with Gasteiger partial charge in [0.25, 0.3) is 0 Å². The van der Waals surface area contributed by atoms with Crippen molar-refractivity contribution in [3.63, 3.8) is 0 Å². The summed E-state index contributed by atoms with van der Waals surface area (Å²) >= 11 is 0.